The third-order valence-electron chi connectivity index (χ3n) is 2.12. The third kappa shape index (κ3) is 2.03. The minimum atomic E-state index is -0.846. The largest absolute Gasteiger partial charge is 0.472 e. The van der Waals surface area contributed by atoms with Gasteiger partial charge in [-0.3, -0.25) is 0 Å². The van der Waals surface area contributed by atoms with E-state index in [0.29, 0.717) is 11.1 Å². The van der Waals surface area contributed by atoms with Crippen LogP contribution in [0.5, 0.6) is 0 Å². The Hall–Kier alpha value is -1.32. The molecule has 0 amide bonds. The van der Waals surface area contributed by atoms with Crippen molar-refractivity contribution in [1.82, 2.24) is 0 Å². The van der Waals surface area contributed by atoms with Crippen LogP contribution < -0.4 is 0 Å². The summed E-state index contributed by atoms with van der Waals surface area (Å²) in [7, 11) is 0. The van der Waals surface area contributed by atoms with Crippen LogP contribution in [0.2, 0.25) is 5.02 Å². The van der Waals surface area contributed by atoms with Gasteiger partial charge >= 0.3 is 0 Å². The van der Waals surface area contributed by atoms with Crippen molar-refractivity contribution in [2.75, 3.05) is 0 Å². The summed E-state index contributed by atoms with van der Waals surface area (Å²) in [5.41, 5.74) is 1.14. The molecule has 1 atom stereocenters. The predicted molar refractivity (Wildman–Crippen MR) is 54.2 cm³/mol. The molecule has 1 aromatic heterocycles. The van der Waals surface area contributed by atoms with Crippen molar-refractivity contribution in [3.05, 3.63) is 58.8 Å². The molecule has 2 nitrogen and oxygen atoms in total. The molecule has 0 aliphatic carbocycles. The molecule has 0 fully saturated rings. The molecule has 2 rings (SSSR count). The standard InChI is InChI=1S/C11H8ClFO2/c12-9-5-7(1-2-10(9)13)11(14)8-3-4-15-6-8/h1-6,11,14H/t11-/m0/s1. The molecule has 0 spiro atoms. The van der Waals surface area contributed by atoms with E-state index in [1.165, 1.54) is 30.7 Å². The minimum absolute atomic E-state index is 0.00459. The Labute approximate surface area is 90.9 Å². The van der Waals surface area contributed by atoms with Crippen LogP contribution in [-0.2, 0) is 0 Å². The molecule has 0 saturated carbocycles. The summed E-state index contributed by atoms with van der Waals surface area (Å²) in [4.78, 5) is 0. The Morgan fingerprint density at radius 2 is 2.07 bits per heavy atom. The molecule has 1 heterocycles. The van der Waals surface area contributed by atoms with E-state index in [1.54, 1.807) is 6.07 Å². The lowest BCUT2D eigenvalue weighted by atomic mass is 10.0. The molecule has 0 saturated heterocycles. The maximum Gasteiger partial charge on any atom is 0.141 e. The zero-order chi connectivity index (χ0) is 10.8. The molecule has 0 aliphatic rings. The first-order valence-corrected chi connectivity index (χ1v) is 4.71. The third-order valence-corrected chi connectivity index (χ3v) is 2.41. The van der Waals surface area contributed by atoms with Gasteiger partial charge in [0.25, 0.3) is 0 Å². The number of halogens is 2. The van der Waals surface area contributed by atoms with Crippen molar-refractivity contribution in [3.63, 3.8) is 0 Å². The molecule has 1 N–H and O–H groups in total. The van der Waals surface area contributed by atoms with E-state index < -0.39 is 11.9 Å². The summed E-state index contributed by atoms with van der Waals surface area (Å²) in [5.74, 6) is -0.500. The molecule has 4 heteroatoms. The lowest BCUT2D eigenvalue weighted by Crippen LogP contribution is -1.98. The molecule has 0 bridgehead atoms. The van der Waals surface area contributed by atoms with E-state index >= 15 is 0 Å². The monoisotopic (exact) mass is 226 g/mol. The van der Waals surface area contributed by atoms with Gasteiger partial charge in [0, 0.05) is 5.56 Å². The number of furan rings is 1. The maximum absolute atomic E-state index is 12.9. The van der Waals surface area contributed by atoms with E-state index in [0.717, 1.165) is 0 Å². The predicted octanol–water partition coefficient (Wildman–Crippen LogP) is 3.15. The summed E-state index contributed by atoms with van der Waals surface area (Å²) in [5, 5.41) is 9.85. The number of aliphatic hydroxyl groups is 1. The van der Waals surface area contributed by atoms with Gasteiger partial charge in [-0.05, 0) is 23.8 Å². The van der Waals surface area contributed by atoms with Gasteiger partial charge in [0.05, 0.1) is 17.5 Å². The smallest absolute Gasteiger partial charge is 0.141 e. The molecule has 0 radical (unpaired) electrons. The van der Waals surface area contributed by atoms with Crippen LogP contribution in [0.25, 0.3) is 0 Å². The van der Waals surface area contributed by atoms with Crippen molar-refractivity contribution < 1.29 is 13.9 Å². The first-order chi connectivity index (χ1) is 7.18. The van der Waals surface area contributed by atoms with E-state index in [4.69, 9.17) is 16.0 Å². The van der Waals surface area contributed by atoms with Crippen molar-refractivity contribution >= 4 is 11.6 Å². The zero-order valence-corrected chi connectivity index (χ0v) is 8.41. The summed E-state index contributed by atoms with van der Waals surface area (Å²) in [6, 6.07) is 5.75. The highest BCUT2D eigenvalue weighted by Crippen LogP contribution is 2.25. The fraction of sp³-hybridized carbons (Fsp3) is 0.0909. The highest BCUT2D eigenvalue weighted by atomic mass is 35.5. The lowest BCUT2D eigenvalue weighted by Gasteiger charge is -2.08. The highest BCUT2D eigenvalue weighted by Gasteiger charge is 2.13. The topological polar surface area (TPSA) is 33.4 Å². The first-order valence-electron chi connectivity index (χ1n) is 4.33. The highest BCUT2D eigenvalue weighted by molar-refractivity contribution is 6.30. The fourth-order valence-corrected chi connectivity index (χ4v) is 1.49. The van der Waals surface area contributed by atoms with Gasteiger partial charge < -0.3 is 9.52 Å². The fourth-order valence-electron chi connectivity index (χ4n) is 1.31. The summed E-state index contributed by atoms with van der Waals surface area (Å²) >= 11 is 5.61. The van der Waals surface area contributed by atoms with Gasteiger partial charge in [0.1, 0.15) is 11.9 Å². The second kappa shape index (κ2) is 4.04. The molecular weight excluding hydrogens is 219 g/mol. The number of benzene rings is 1. The molecule has 2 aromatic rings. The number of hydrogen-bond acceptors (Lipinski definition) is 2. The van der Waals surface area contributed by atoms with Crippen molar-refractivity contribution in [1.29, 1.82) is 0 Å². The van der Waals surface area contributed by atoms with Gasteiger partial charge in [-0.15, -0.1) is 0 Å². The molecule has 78 valence electrons. The number of hydrogen-bond donors (Lipinski definition) is 1. The van der Waals surface area contributed by atoms with Gasteiger partial charge in [-0.2, -0.15) is 0 Å². The van der Waals surface area contributed by atoms with Crippen LogP contribution in [0, 0.1) is 5.82 Å². The van der Waals surface area contributed by atoms with Gasteiger partial charge in [-0.25, -0.2) is 4.39 Å². The van der Waals surface area contributed by atoms with E-state index in [1.807, 2.05) is 0 Å². The normalized spacial score (nSPS) is 12.7. The van der Waals surface area contributed by atoms with Crippen LogP contribution in [-0.4, -0.2) is 5.11 Å². The van der Waals surface area contributed by atoms with Gasteiger partial charge in [0.15, 0.2) is 0 Å². The van der Waals surface area contributed by atoms with Crippen LogP contribution >= 0.6 is 11.6 Å². The SMILES string of the molecule is O[C@H](c1ccoc1)c1ccc(F)c(Cl)c1. The maximum atomic E-state index is 12.9. The van der Waals surface area contributed by atoms with E-state index in [-0.39, 0.29) is 5.02 Å². The molecular formula is C11H8ClFO2. The van der Waals surface area contributed by atoms with Crippen LogP contribution in [0.1, 0.15) is 17.2 Å². The van der Waals surface area contributed by atoms with Gasteiger partial charge in [-0.1, -0.05) is 17.7 Å². The first kappa shape index (κ1) is 10.2. The average molecular weight is 227 g/mol. The zero-order valence-electron chi connectivity index (χ0n) is 7.65. The Kier molecular flexibility index (Phi) is 2.75. The van der Waals surface area contributed by atoms with Crippen molar-refractivity contribution in [3.8, 4) is 0 Å². The second-order valence-electron chi connectivity index (χ2n) is 3.13. The summed E-state index contributed by atoms with van der Waals surface area (Å²) in [6.07, 6.45) is 2.05. The van der Waals surface area contributed by atoms with E-state index in [2.05, 4.69) is 0 Å². The quantitative estimate of drug-likeness (QED) is 0.853. The van der Waals surface area contributed by atoms with Crippen LogP contribution in [0.4, 0.5) is 4.39 Å². The second-order valence-corrected chi connectivity index (χ2v) is 3.54. The minimum Gasteiger partial charge on any atom is -0.472 e. The molecule has 0 unspecified atom stereocenters. The summed E-state index contributed by atoms with van der Waals surface area (Å²) < 4.78 is 17.7. The Balaban J connectivity index is 2.34. The van der Waals surface area contributed by atoms with Crippen LogP contribution in [0.3, 0.4) is 0 Å². The molecule has 1 aromatic carbocycles. The van der Waals surface area contributed by atoms with Crippen LogP contribution in [0.15, 0.2) is 41.2 Å². The molecule has 0 aliphatic heterocycles. The number of rotatable bonds is 2. The number of aliphatic hydroxyl groups excluding tert-OH is 1. The van der Waals surface area contributed by atoms with Gasteiger partial charge in [0.2, 0.25) is 0 Å². The Morgan fingerprint density at radius 1 is 1.27 bits per heavy atom. The van der Waals surface area contributed by atoms with Crippen molar-refractivity contribution in [2.45, 2.75) is 6.10 Å². The Bertz CT molecular complexity index is 454. The van der Waals surface area contributed by atoms with E-state index in [9.17, 15) is 9.50 Å². The Morgan fingerprint density at radius 3 is 2.67 bits per heavy atom. The summed E-state index contributed by atoms with van der Waals surface area (Å²) in [6.45, 7) is 0. The average Bonchev–Trinajstić information content (AvgIpc) is 2.74. The van der Waals surface area contributed by atoms with Crippen molar-refractivity contribution in [2.24, 2.45) is 0 Å². The molecule has 15 heavy (non-hydrogen) atoms. The lowest BCUT2D eigenvalue weighted by molar-refractivity contribution is 0.219.